The third-order valence-corrected chi connectivity index (χ3v) is 4.31. The molecule has 29 heavy (non-hydrogen) atoms. The summed E-state index contributed by atoms with van der Waals surface area (Å²) < 4.78 is 14.6. The van der Waals surface area contributed by atoms with Gasteiger partial charge in [0.1, 0.15) is 17.7 Å². The molecule has 1 heterocycles. The molecule has 0 aliphatic heterocycles. The Morgan fingerprint density at radius 1 is 1.14 bits per heavy atom. The average Bonchev–Trinajstić information content (AvgIpc) is 3.11. The number of anilines is 1. The topological polar surface area (TPSA) is 102 Å². The van der Waals surface area contributed by atoms with Gasteiger partial charge in [-0.3, -0.25) is 9.59 Å². The highest BCUT2D eigenvalue weighted by Gasteiger charge is 2.24. The fraction of sp³-hybridized carbons (Fsp3) is 0.250. The van der Waals surface area contributed by atoms with E-state index < -0.39 is 6.04 Å². The lowest BCUT2D eigenvalue weighted by Gasteiger charge is -2.18. The number of benzene rings is 2. The highest BCUT2D eigenvalue weighted by atomic mass is 19.1. The third kappa shape index (κ3) is 5.44. The van der Waals surface area contributed by atoms with Crippen LogP contribution in [0.25, 0.3) is 0 Å². The summed E-state index contributed by atoms with van der Waals surface area (Å²) in [5, 5.41) is 17.0. The number of nitrogens with zero attached hydrogens (tertiary/aromatic N) is 4. The molecule has 0 radical (unpaired) electrons. The first kappa shape index (κ1) is 20.1. The smallest absolute Gasteiger partial charge is 0.245 e. The van der Waals surface area contributed by atoms with Gasteiger partial charge in [-0.15, -0.1) is 5.10 Å². The van der Waals surface area contributed by atoms with E-state index >= 15 is 0 Å². The standard InChI is InChI=1S/C20H21FN6O2/c1-13-24-25-26-27(13)19(11-15-6-8-17(21)9-7-15)20(29)22-12-16-4-3-5-18(10-16)23-14(2)28/h3-10,19H,11-12H2,1-2H3,(H,22,29)(H,23,28). The van der Waals surface area contributed by atoms with Crippen molar-refractivity contribution < 1.29 is 14.0 Å². The van der Waals surface area contributed by atoms with Crippen LogP contribution >= 0.6 is 0 Å². The molecule has 0 saturated carbocycles. The van der Waals surface area contributed by atoms with E-state index in [1.165, 1.54) is 23.7 Å². The van der Waals surface area contributed by atoms with Gasteiger partial charge >= 0.3 is 0 Å². The molecule has 3 aromatic rings. The summed E-state index contributed by atoms with van der Waals surface area (Å²) in [6.45, 7) is 3.41. The Kier molecular flexibility index (Phi) is 6.28. The summed E-state index contributed by atoms with van der Waals surface area (Å²) in [4.78, 5) is 24.1. The molecule has 0 saturated heterocycles. The first-order valence-corrected chi connectivity index (χ1v) is 9.05. The van der Waals surface area contributed by atoms with Crippen LogP contribution in [0.4, 0.5) is 10.1 Å². The molecule has 1 unspecified atom stereocenters. The van der Waals surface area contributed by atoms with E-state index in [1.807, 2.05) is 6.07 Å². The lowest BCUT2D eigenvalue weighted by molar-refractivity contribution is -0.124. The van der Waals surface area contributed by atoms with E-state index in [0.717, 1.165) is 11.1 Å². The fourth-order valence-corrected chi connectivity index (χ4v) is 2.93. The molecule has 150 valence electrons. The van der Waals surface area contributed by atoms with E-state index in [9.17, 15) is 14.0 Å². The number of hydrogen-bond acceptors (Lipinski definition) is 5. The monoisotopic (exact) mass is 396 g/mol. The van der Waals surface area contributed by atoms with Gasteiger partial charge in [-0.05, 0) is 52.7 Å². The summed E-state index contributed by atoms with van der Waals surface area (Å²) in [5.41, 5.74) is 2.27. The number of amides is 2. The largest absolute Gasteiger partial charge is 0.350 e. The number of carbonyl (C=O) groups is 2. The molecular weight excluding hydrogens is 375 g/mol. The second-order valence-electron chi connectivity index (χ2n) is 6.62. The molecule has 0 bridgehead atoms. The fourth-order valence-electron chi connectivity index (χ4n) is 2.93. The highest BCUT2D eigenvalue weighted by Crippen LogP contribution is 2.17. The van der Waals surface area contributed by atoms with E-state index in [-0.39, 0.29) is 24.2 Å². The van der Waals surface area contributed by atoms with Gasteiger partial charge in [-0.1, -0.05) is 24.3 Å². The zero-order valence-corrected chi connectivity index (χ0v) is 16.1. The van der Waals surface area contributed by atoms with Crippen LogP contribution in [0, 0.1) is 12.7 Å². The van der Waals surface area contributed by atoms with Crippen LogP contribution < -0.4 is 10.6 Å². The number of hydrogen-bond donors (Lipinski definition) is 2. The van der Waals surface area contributed by atoms with Crippen LogP contribution in [0.2, 0.25) is 0 Å². The SMILES string of the molecule is CC(=O)Nc1cccc(CNC(=O)C(Cc2ccc(F)cc2)n2nnnc2C)c1. The quantitative estimate of drug-likeness (QED) is 0.637. The molecule has 8 nitrogen and oxygen atoms in total. The zero-order valence-electron chi connectivity index (χ0n) is 16.1. The number of aromatic nitrogens is 4. The number of halogens is 1. The maximum Gasteiger partial charge on any atom is 0.245 e. The van der Waals surface area contributed by atoms with Crippen LogP contribution in [0.1, 0.15) is 29.9 Å². The van der Waals surface area contributed by atoms with Crippen molar-refractivity contribution in [2.45, 2.75) is 32.9 Å². The van der Waals surface area contributed by atoms with E-state index in [2.05, 4.69) is 26.2 Å². The minimum absolute atomic E-state index is 0.167. The lowest BCUT2D eigenvalue weighted by Crippen LogP contribution is -2.34. The summed E-state index contributed by atoms with van der Waals surface area (Å²) in [6, 6.07) is 12.5. The van der Waals surface area contributed by atoms with Crippen molar-refractivity contribution in [3.63, 3.8) is 0 Å². The Morgan fingerprint density at radius 2 is 1.90 bits per heavy atom. The molecular formula is C20H21FN6O2. The molecule has 0 aliphatic carbocycles. The Hall–Kier alpha value is -3.62. The highest BCUT2D eigenvalue weighted by molar-refractivity contribution is 5.88. The van der Waals surface area contributed by atoms with Crippen molar-refractivity contribution in [3.8, 4) is 0 Å². The Bertz CT molecular complexity index is 1000. The number of carbonyl (C=O) groups excluding carboxylic acids is 2. The van der Waals surface area contributed by atoms with E-state index in [0.29, 0.717) is 17.9 Å². The minimum atomic E-state index is -0.686. The molecule has 2 N–H and O–H groups in total. The molecule has 2 amide bonds. The van der Waals surface area contributed by atoms with Crippen LogP contribution in [0.5, 0.6) is 0 Å². The summed E-state index contributed by atoms with van der Waals surface area (Å²) in [7, 11) is 0. The Labute approximate surface area is 167 Å². The maximum absolute atomic E-state index is 13.2. The van der Waals surface area contributed by atoms with Gasteiger partial charge in [0.2, 0.25) is 11.8 Å². The van der Waals surface area contributed by atoms with Crippen molar-refractivity contribution in [2.75, 3.05) is 5.32 Å². The van der Waals surface area contributed by atoms with Gasteiger partial charge in [0.15, 0.2) is 0 Å². The Morgan fingerprint density at radius 3 is 2.55 bits per heavy atom. The zero-order chi connectivity index (χ0) is 20.8. The van der Waals surface area contributed by atoms with Gasteiger partial charge in [0.25, 0.3) is 0 Å². The van der Waals surface area contributed by atoms with E-state index in [1.54, 1.807) is 37.3 Å². The average molecular weight is 396 g/mol. The molecule has 1 aromatic heterocycles. The van der Waals surface area contributed by atoms with Crippen LogP contribution in [-0.4, -0.2) is 32.0 Å². The second kappa shape index (κ2) is 9.05. The molecule has 0 fully saturated rings. The first-order chi connectivity index (χ1) is 13.9. The van der Waals surface area contributed by atoms with Gasteiger partial charge in [-0.2, -0.15) is 0 Å². The molecule has 2 aromatic carbocycles. The number of nitrogens with one attached hydrogen (secondary N) is 2. The van der Waals surface area contributed by atoms with Crippen molar-refractivity contribution >= 4 is 17.5 Å². The van der Waals surface area contributed by atoms with Crippen molar-refractivity contribution in [3.05, 3.63) is 71.3 Å². The van der Waals surface area contributed by atoms with Crippen LogP contribution in [-0.2, 0) is 22.6 Å². The summed E-state index contributed by atoms with van der Waals surface area (Å²) >= 11 is 0. The predicted molar refractivity (Wildman–Crippen MR) is 104 cm³/mol. The minimum Gasteiger partial charge on any atom is -0.350 e. The van der Waals surface area contributed by atoms with Gasteiger partial charge in [-0.25, -0.2) is 9.07 Å². The lowest BCUT2D eigenvalue weighted by atomic mass is 10.0. The second-order valence-corrected chi connectivity index (χ2v) is 6.62. The van der Waals surface area contributed by atoms with Gasteiger partial charge in [0.05, 0.1) is 0 Å². The first-order valence-electron chi connectivity index (χ1n) is 9.05. The molecule has 1 atom stereocenters. The predicted octanol–water partition coefficient (Wildman–Crippen LogP) is 2.18. The van der Waals surface area contributed by atoms with Crippen molar-refractivity contribution in [2.24, 2.45) is 0 Å². The van der Waals surface area contributed by atoms with Gasteiger partial charge in [0, 0.05) is 25.6 Å². The third-order valence-electron chi connectivity index (χ3n) is 4.31. The molecule has 3 rings (SSSR count). The van der Waals surface area contributed by atoms with Crippen LogP contribution in [0.15, 0.2) is 48.5 Å². The molecule has 0 aliphatic rings. The van der Waals surface area contributed by atoms with Crippen molar-refractivity contribution in [1.82, 2.24) is 25.5 Å². The van der Waals surface area contributed by atoms with Crippen molar-refractivity contribution in [1.29, 1.82) is 0 Å². The van der Waals surface area contributed by atoms with Crippen LogP contribution in [0.3, 0.4) is 0 Å². The number of tetrazole rings is 1. The summed E-state index contributed by atoms with van der Waals surface area (Å²) in [5.74, 6) is -0.276. The number of rotatable bonds is 7. The van der Waals surface area contributed by atoms with Gasteiger partial charge < -0.3 is 10.6 Å². The van der Waals surface area contributed by atoms with E-state index in [4.69, 9.17) is 0 Å². The Balaban J connectivity index is 1.74. The number of aryl methyl sites for hydroxylation is 1. The molecule has 9 heteroatoms. The molecule has 0 spiro atoms. The maximum atomic E-state index is 13.2. The summed E-state index contributed by atoms with van der Waals surface area (Å²) in [6.07, 6.45) is 0.309. The normalized spacial score (nSPS) is 11.7.